The first-order chi connectivity index (χ1) is 10.0. The first-order valence-corrected chi connectivity index (χ1v) is 8.09. The number of halogens is 2. The first-order valence-electron chi connectivity index (χ1n) is 7.34. The number of nitrogens with zero attached hydrogens (tertiary/aromatic N) is 1. The fraction of sp³-hybridized carbons (Fsp3) is 0.500. The van der Waals surface area contributed by atoms with Crippen molar-refractivity contribution in [2.45, 2.75) is 32.6 Å². The third kappa shape index (κ3) is 3.09. The van der Waals surface area contributed by atoms with E-state index in [2.05, 4.69) is 10.5 Å². The Bertz CT molecular complexity index is 600. The van der Waals surface area contributed by atoms with Crippen molar-refractivity contribution >= 4 is 34.8 Å². The molecule has 0 heterocycles. The van der Waals surface area contributed by atoms with Crippen LogP contribution < -0.4 is 5.43 Å². The van der Waals surface area contributed by atoms with Crippen LogP contribution in [0.15, 0.2) is 23.3 Å². The van der Waals surface area contributed by atoms with Crippen LogP contribution in [0, 0.1) is 17.8 Å². The van der Waals surface area contributed by atoms with Crippen molar-refractivity contribution in [3.63, 3.8) is 0 Å². The highest BCUT2D eigenvalue weighted by molar-refractivity contribution is 6.36. The number of carbonyl (C=O) groups excluding carboxylic acids is 1. The second-order valence-corrected chi connectivity index (χ2v) is 6.94. The van der Waals surface area contributed by atoms with E-state index in [1.165, 1.54) is 25.7 Å². The topological polar surface area (TPSA) is 41.5 Å². The average molecular weight is 325 g/mol. The molecule has 2 fully saturated rings. The van der Waals surface area contributed by atoms with E-state index in [4.69, 9.17) is 23.2 Å². The molecule has 3 rings (SSSR count). The summed E-state index contributed by atoms with van der Waals surface area (Å²) < 4.78 is 0. The Kier molecular flexibility index (Phi) is 4.23. The van der Waals surface area contributed by atoms with Crippen molar-refractivity contribution < 1.29 is 4.79 Å². The number of hydrogen-bond acceptors (Lipinski definition) is 2. The molecule has 5 heteroatoms. The van der Waals surface area contributed by atoms with Crippen LogP contribution in [0.4, 0.5) is 0 Å². The molecule has 0 aliphatic heterocycles. The zero-order valence-electron chi connectivity index (χ0n) is 11.9. The predicted molar refractivity (Wildman–Crippen MR) is 86.0 cm³/mol. The van der Waals surface area contributed by atoms with Gasteiger partial charge in [-0.15, -0.1) is 0 Å². The van der Waals surface area contributed by atoms with Gasteiger partial charge in [-0.3, -0.25) is 4.79 Å². The lowest BCUT2D eigenvalue weighted by Gasteiger charge is -2.21. The Morgan fingerprint density at radius 2 is 2.10 bits per heavy atom. The van der Waals surface area contributed by atoms with Gasteiger partial charge >= 0.3 is 0 Å². The summed E-state index contributed by atoms with van der Waals surface area (Å²) in [4.78, 5) is 12.1. The van der Waals surface area contributed by atoms with Gasteiger partial charge in [-0.1, -0.05) is 29.6 Å². The van der Waals surface area contributed by atoms with Gasteiger partial charge in [0.2, 0.25) is 0 Å². The minimum atomic E-state index is -0.292. The van der Waals surface area contributed by atoms with E-state index in [9.17, 15) is 4.79 Å². The maximum atomic E-state index is 12.1. The van der Waals surface area contributed by atoms with Crippen molar-refractivity contribution in [1.82, 2.24) is 5.43 Å². The average Bonchev–Trinajstić information content (AvgIpc) is 3.07. The van der Waals surface area contributed by atoms with Gasteiger partial charge in [-0.25, -0.2) is 5.43 Å². The number of fused-ring (bicyclic) bond motifs is 2. The normalized spacial score (nSPS) is 28.0. The van der Waals surface area contributed by atoms with E-state index in [-0.39, 0.29) is 5.91 Å². The fourth-order valence-corrected chi connectivity index (χ4v) is 4.21. The molecule has 0 radical (unpaired) electrons. The van der Waals surface area contributed by atoms with E-state index in [0.29, 0.717) is 21.5 Å². The van der Waals surface area contributed by atoms with Crippen molar-refractivity contribution in [2.24, 2.45) is 22.9 Å². The summed E-state index contributed by atoms with van der Waals surface area (Å²) in [6, 6.07) is 4.82. The zero-order valence-corrected chi connectivity index (χ0v) is 13.4. The number of nitrogens with one attached hydrogen (secondary N) is 1. The lowest BCUT2D eigenvalue weighted by atomic mass is 9.86. The number of benzene rings is 1. The van der Waals surface area contributed by atoms with Gasteiger partial charge in [0.15, 0.2) is 0 Å². The number of hydrogen-bond donors (Lipinski definition) is 1. The molecule has 0 saturated heterocycles. The molecule has 1 aromatic rings. The summed E-state index contributed by atoms with van der Waals surface area (Å²) in [6.07, 6.45) is 5.21. The molecule has 0 unspecified atom stereocenters. The molecule has 3 nitrogen and oxygen atoms in total. The number of amides is 1. The molecule has 1 amide bonds. The van der Waals surface area contributed by atoms with Gasteiger partial charge < -0.3 is 0 Å². The summed E-state index contributed by atoms with van der Waals surface area (Å²) in [5.41, 5.74) is 4.04. The summed E-state index contributed by atoms with van der Waals surface area (Å²) in [5.74, 6) is 1.87. The molecular formula is C16H18Cl2N2O. The zero-order chi connectivity index (χ0) is 15.0. The Balaban J connectivity index is 1.66. The van der Waals surface area contributed by atoms with Crippen molar-refractivity contribution in [3.8, 4) is 0 Å². The minimum Gasteiger partial charge on any atom is -0.267 e. The standard InChI is InChI=1S/C16H18Cl2N2O/c1-9(14-7-10-2-3-11(14)6-10)19-20-16(21)13-5-4-12(17)8-15(13)18/h4-5,8,10-11,14H,2-3,6-7H2,1H3,(H,20,21)/b19-9-/t10-,11+,14-/m0/s1. The van der Waals surface area contributed by atoms with Crippen LogP contribution >= 0.6 is 23.2 Å². The van der Waals surface area contributed by atoms with Crippen LogP contribution in [0.1, 0.15) is 43.0 Å². The first kappa shape index (κ1) is 14.9. The molecule has 112 valence electrons. The summed E-state index contributed by atoms with van der Waals surface area (Å²) >= 11 is 11.9. The van der Waals surface area contributed by atoms with Gasteiger partial charge in [0.05, 0.1) is 10.6 Å². The van der Waals surface area contributed by atoms with Crippen molar-refractivity contribution in [1.29, 1.82) is 0 Å². The summed E-state index contributed by atoms with van der Waals surface area (Å²) in [7, 11) is 0. The third-order valence-electron chi connectivity index (χ3n) is 4.78. The van der Waals surface area contributed by atoms with Gasteiger partial charge in [0, 0.05) is 16.7 Å². The Hall–Kier alpha value is -1.06. The minimum absolute atomic E-state index is 0.292. The monoisotopic (exact) mass is 324 g/mol. The van der Waals surface area contributed by atoms with Crippen molar-refractivity contribution in [2.75, 3.05) is 0 Å². The Labute approximate surface area is 134 Å². The quantitative estimate of drug-likeness (QED) is 0.643. The van der Waals surface area contributed by atoms with Gasteiger partial charge in [0.1, 0.15) is 0 Å². The molecule has 0 aromatic heterocycles. The summed E-state index contributed by atoms with van der Waals surface area (Å²) in [6.45, 7) is 2.01. The van der Waals surface area contributed by atoms with Crippen LogP contribution in [0.5, 0.6) is 0 Å². The molecule has 3 atom stereocenters. The molecular weight excluding hydrogens is 307 g/mol. The maximum Gasteiger partial charge on any atom is 0.272 e. The molecule has 21 heavy (non-hydrogen) atoms. The number of hydrazone groups is 1. The van der Waals surface area contributed by atoms with Crippen LogP contribution in [0.3, 0.4) is 0 Å². The molecule has 2 saturated carbocycles. The molecule has 1 N–H and O–H groups in total. The molecule has 2 aliphatic carbocycles. The highest BCUT2D eigenvalue weighted by Gasteiger charge is 2.40. The smallest absolute Gasteiger partial charge is 0.267 e. The SMILES string of the molecule is C/C(=N/NC(=O)c1ccc(Cl)cc1Cl)[C@@H]1C[C@H]2CC[C@@H]1C2. The Morgan fingerprint density at radius 3 is 2.71 bits per heavy atom. The van der Waals surface area contributed by atoms with Crippen LogP contribution in [0.25, 0.3) is 0 Å². The van der Waals surface area contributed by atoms with Crippen LogP contribution in [-0.4, -0.2) is 11.6 Å². The third-order valence-corrected chi connectivity index (χ3v) is 5.33. The van der Waals surface area contributed by atoms with E-state index in [1.54, 1.807) is 18.2 Å². The van der Waals surface area contributed by atoms with E-state index >= 15 is 0 Å². The highest BCUT2D eigenvalue weighted by atomic mass is 35.5. The van der Waals surface area contributed by atoms with Gasteiger partial charge in [-0.05, 0) is 56.2 Å². The van der Waals surface area contributed by atoms with E-state index < -0.39 is 0 Å². The fourth-order valence-electron chi connectivity index (χ4n) is 3.71. The molecule has 1 aromatic carbocycles. The lowest BCUT2D eigenvalue weighted by Crippen LogP contribution is -2.24. The van der Waals surface area contributed by atoms with Gasteiger partial charge in [-0.2, -0.15) is 5.10 Å². The van der Waals surface area contributed by atoms with Crippen LogP contribution in [-0.2, 0) is 0 Å². The Morgan fingerprint density at radius 1 is 1.29 bits per heavy atom. The second kappa shape index (κ2) is 5.98. The van der Waals surface area contributed by atoms with Gasteiger partial charge in [0.25, 0.3) is 5.91 Å². The summed E-state index contributed by atoms with van der Waals surface area (Å²) in [5, 5.41) is 5.14. The molecule has 0 spiro atoms. The van der Waals surface area contributed by atoms with E-state index in [0.717, 1.165) is 17.5 Å². The number of rotatable bonds is 3. The second-order valence-electron chi connectivity index (χ2n) is 6.10. The van der Waals surface area contributed by atoms with Crippen molar-refractivity contribution in [3.05, 3.63) is 33.8 Å². The highest BCUT2D eigenvalue weighted by Crippen LogP contribution is 2.48. The van der Waals surface area contributed by atoms with E-state index in [1.807, 2.05) is 6.92 Å². The molecule has 2 aliphatic rings. The molecule has 2 bridgehead atoms. The lowest BCUT2D eigenvalue weighted by molar-refractivity contribution is 0.0954. The maximum absolute atomic E-state index is 12.1. The van der Waals surface area contributed by atoms with Crippen LogP contribution in [0.2, 0.25) is 10.0 Å². The largest absolute Gasteiger partial charge is 0.272 e. The predicted octanol–water partition coefficient (Wildman–Crippen LogP) is 4.54. The number of carbonyl (C=O) groups is 1.